The number of halogens is 2. The number of anilines is 1. The van der Waals surface area contributed by atoms with Gasteiger partial charge in [-0.1, -0.05) is 35.3 Å². The minimum Gasteiger partial charge on any atom is -0.352 e. The highest BCUT2D eigenvalue weighted by Crippen LogP contribution is 2.27. The van der Waals surface area contributed by atoms with Gasteiger partial charge in [-0.25, -0.2) is 4.98 Å². The predicted octanol–water partition coefficient (Wildman–Crippen LogP) is 3.29. The summed E-state index contributed by atoms with van der Waals surface area (Å²) in [5.74, 6) is 0.969. The Morgan fingerprint density at radius 2 is 1.81 bits per heavy atom. The molecule has 1 saturated heterocycles. The molecular formula is C19H17Cl2N5O. The highest BCUT2D eigenvalue weighted by molar-refractivity contribution is 6.32. The van der Waals surface area contributed by atoms with Crippen LogP contribution in [0.25, 0.3) is 11.4 Å². The van der Waals surface area contributed by atoms with Crippen molar-refractivity contribution in [3.63, 3.8) is 0 Å². The first-order chi connectivity index (χ1) is 13.1. The number of hydrogen-bond donors (Lipinski definition) is 2. The van der Waals surface area contributed by atoms with E-state index in [2.05, 4.69) is 20.3 Å². The highest BCUT2D eigenvalue weighted by Gasteiger charge is 2.25. The lowest BCUT2D eigenvalue weighted by molar-refractivity contribution is 0.469. The molecule has 2 aromatic heterocycles. The molecule has 138 valence electrons. The number of pyridine rings is 1. The second-order valence-electron chi connectivity index (χ2n) is 6.29. The molecule has 1 fully saturated rings. The van der Waals surface area contributed by atoms with Crippen molar-refractivity contribution >= 4 is 29.0 Å². The molecule has 6 nitrogen and oxygen atoms in total. The van der Waals surface area contributed by atoms with E-state index in [-0.39, 0.29) is 16.6 Å². The molecule has 1 aliphatic rings. The maximum Gasteiger partial charge on any atom is 0.272 e. The smallest absolute Gasteiger partial charge is 0.272 e. The maximum absolute atomic E-state index is 12.4. The summed E-state index contributed by atoms with van der Waals surface area (Å²) >= 11 is 12.3. The molecule has 3 heterocycles. The monoisotopic (exact) mass is 401 g/mol. The molecule has 4 rings (SSSR count). The fourth-order valence-corrected chi connectivity index (χ4v) is 3.50. The van der Waals surface area contributed by atoms with Crippen LogP contribution in [-0.2, 0) is 0 Å². The van der Waals surface area contributed by atoms with Crippen molar-refractivity contribution in [2.24, 2.45) is 0 Å². The Labute approximate surface area is 166 Å². The van der Waals surface area contributed by atoms with Crippen LogP contribution in [0.4, 0.5) is 5.82 Å². The number of nitrogens with zero attached hydrogens (tertiary/aromatic N) is 3. The van der Waals surface area contributed by atoms with Gasteiger partial charge in [0.25, 0.3) is 5.56 Å². The summed E-state index contributed by atoms with van der Waals surface area (Å²) in [5.41, 5.74) is 1.55. The summed E-state index contributed by atoms with van der Waals surface area (Å²) in [6, 6.07) is 11.4. The number of piperazine rings is 1. The number of aromatic amines is 1. The third-order valence-corrected chi connectivity index (χ3v) is 5.14. The molecule has 27 heavy (non-hydrogen) atoms. The van der Waals surface area contributed by atoms with Gasteiger partial charge < -0.3 is 15.2 Å². The molecule has 0 amide bonds. The average Bonchev–Trinajstić information content (AvgIpc) is 2.71. The van der Waals surface area contributed by atoms with Gasteiger partial charge in [-0.05, 0) is 29.8 Å². The zero-order valence-electron chi connectivity index (χ0n) is 14.3. The third kappa shape index (κ3) is 3.83. The molecule has 1 aliphatic heterocycles. The van der Waals surface area contributed by atoms with Gasteiger partial charge >= 0.3 is 0 Å². The lowest BCUT2D eigenvalue weighted by atomic mass is 10.0. The van der Waals surface area contributed by atoms with Crippen LogP contribution in [0, 0.1) is 0 Å². The Bertz CT molecular complexity index is 991. The summed E-state index contributed by atoms with van der Waals surface area (Å²) in [6.45, 7) is 2.10. The van der Waals surface area contributed by atoms with E-state index < -0.39 is 0 Å². The van der Waals surface area contributed by atoms with Gasteiger partial charge in [0.15, 0.2) is 5.82 Å². The lowest BCUT2D eigenvalue weighted by Crippen LogP contribution is -2.46. The molecule has 0 saturated carbocycles. The quantitative estimate of drug-likeness (QED) is 0.704. The largest absolute Gasteiger partial charge is 0.352 e. The van der Waals surface area contributed by atoms with E-state index >= 15 is 0 Å². The Morgan fingerprint density at radius 1 is 1.07 bits per heavy atom. The van der Waals surface area contributed by atoms with E-state index in [4.69, 9.17) is 23.2 Å². The first-order valence-corrected chi connectivity index (χ1v) is 9.31. The van der Waals surface area contributed by atoms with Gasteiger partial charge in [-0.15, -0.1) is 0 Å². The molecule has 3 aromatic rings. The van der Waals surface area contributed by atoms with Crippen LogP contribution < -0.4 is 15.8 Å². The van der Waals surface area contributed by atoms with Crippen molar-refractivity contribution in [1.29, 1.82) is 0 Å². The van der Waals surface area contributed by atoms with E-state index in [1.807, 2.05) is 29.2 Å². The molecule has 1 atom stereocenters. The number of benzene rings is 1. The summed E-state index contributed by atoms with van der Waals surface area (Å²) in [4.78, 5) is 25.8. The van der Waals surface area contributed by atoms with Crippen LogP contribution >= 0.6 is 23.2 Å². The van der Waals surface area contributed by atoms with Crippen LogP contribution in [-0.4, -0.2) is 34.6 Å². The third-order valence-electron chi connectivity index (χ3n) is 4.55. The van der Waals surface area contributed by atoms with E-state index in [1.165, 1.54) is 0 Å². The lowest BCUT2D eigenvalue weighted by Gasteiger charge is -2.35. The number of H-pyrrole nitrogens is 1. The molecule has 0 radical (unpaired) electrons. The molecule has 1 unspecified atom stereocenters. The molecule has 0 aliphatic carbocycles. The van der Waals surface area contributed by atoms with Gasteiger partial charge in [0, 0.05) is 48.7 Å². The fourth-order valence-electron chi connectivity index (χ4n) is 3.16. The first kappa shape index (κ1) is 18.0. The minimum absolute atomic E-state index is 0.0950. The summed E-state index contributed by atoms with van der Waals surface area (Å²) in [7, 11) is 0. The average molecular weight is 402 g/mol. The zero-order valence-corrected chi connectivity index (χ0v) is 15.8. The minimum atomic E-state index is -0.352. The van der Waals surface area contributed by atoms with Crippen molar-refractivity contribution in [2.45, 2.75) is 6.04 Å². The van der Waals surface area contributed by atoms with Gasteiger partial charge in [-0.3, -0.25) is 9.78 Å². The predicted molar refractivity (Wildman–Crippen MR) is 108 cm³/mol. The number of hydrogen-bond acceptors (Lipinski definition) is 5. The normalized spacial score (nSPS) is 17.1. The molecule has 1 aromatic carbocycles. The SMILES string of the molecule is O=c1[nH]c(-c2ccncc2)nc(N2CCNC(c3ccc(Cl)cc3)C2)c1Cl. The topological polar surface area (TPSA) is 73.9 Å². The molecule has 0 bridgehead atoms. The van der Waals surface area contributed by atoms with E-state index in [0.29, 0.717) is 29.8 Å². The molecule has 8 heteroatoms. The molecular weight excluding hydrogens is 385 g/mol. The van der Waals surface area contributed by atoms with Crippen molar-refractivity contribution in [3.05, 3.63) is 74.8 Å². The number of rotatable bonds is 3. The van der Waals surface area contributed by atoms with Crippen LogP contribution in [0.15, 0.2) is 53.6 Å². The van der Waals surface area contributed by atoms with Gasteiger partial charge in [0.2, 0.25) is 0 Å². The Kier molecular flexibility index (Phi) is 5.11. The maximum atomic E-state index is 12.4. The van der Waals surface area contributed by atoms with Gasteiger partial charge in [-0.2, -0.15) is 0 Å². The van der Waals surface area contributed by atoms with Crippen molar-refractivity contribution < 1.29 is 0 Å². The second-order valence-corrected chi connectivity index (χ2v) is 7.11. The Hall–Kier alpha value is -2.41. The molecule has 0 spiro atoms. The van der Waals surface area contributed by atoms with E-state index in [1.54, 1.807) is 24.5 Å². The van der Waals surface area contributed by atoms with Crippen molar-refractivity contribution in [3.8, 4) is 11.4 Å². The Balaban J connectivity index is 1.67. The van der Waals surface area contributed by atoms with E-state index in [0.717, 1.165) is 17.7 Å². The summed E-state index contributed by atoms with van der Waals surface area (Å²) in [5, 5.41) is 4.29. The van der Waals surface area contributed by atoms with E-state index in [9.17, 15) is 4.79 Å². The van der Waals surface area contributed by atoms with Gasteiger partial charge in [0.05, 0.1) is 0 Å². The van der Waals surface area contributed by atoms with Gasteiger partial charge in [0.1, 0.15) is 10.8 Å². The van der Waals surface area contributed by atoms with Crippen molar-refractivity contribution in [1.82, 2.24) is 20.3 Å². The standard InChI is InChI=1S/C19H17Cl2N5O/c20-14-3-1-12(2-4-14)15-11-26(10-9-23-15)18-16(21)19(27)25-17(24-18)13-5-7-22-8-6-13/h1-8,15,23H,9-11H2,(H,24,25,27). The summed E-state index contributed by atoms with van der Waals surface area (Å²) in [6.07, 6.45) is 3.32. The zero-order chi connectivity index (χ0) is 18.8. The first-order valence-electron chi connectivity index (χ1n) is 8.56. The van der Waals surface area contributed by atoms with Crippen molar-refractivity contribution in [2.75, 3.05) is 24.5 Å². The number of nitrogens with one attached hydrogen (secondary N) is 2. The van der Waals surface area contributed by atoms with Crippen LogP contribution in [0.2, 0.25) is 10.0 Å². The summed E-state index contributed by atoms with van der Waals surface area (Å²) < 4.78 is 0. The molecule has 2 N–H and O–H groups in total. The fraction of sp³-hybridized carbons (Fsp3) is 0.211. The van der Waals surface area contributed by atoms with Crippen LogP contribution in [0.5, 0.6) is 0 Å². The highest BCUT2D eigenvalue weighted by atomic mass is 35.5. The van der Waals surface area contributed by atoms with Crippen LogP contribution in [0.1, 0.15) is 11.6 Å². The second kappa shape index (κ2) is 7.68. The Morgan fingerprint density at radius 3 is 2.56 bits per heavy atom. The number of aromatic nitrogens is 3. The van der Waals surface area contributed by atoms with Crippen LogP contribution in [0.3, 0.4) is 0 Å².